The fraction of sp³-hybridized carbons (Fsp3) is 0.800. The van der Waals surface area contributed by atoms with Crippen LogP contribution in [0.2, 0.25) is 0 Å². The largest absolute Gasteiger partial charge is 0.391 e. The highest BCUT2D eigenvalue weighted by molar-refractivity contribution is 7.80. The first kappa shape index (κ1) is 10.8. The lowest BCUT2D eigenvalue weighted by molar-refractivity contribution is -0.143. The topological polar surface area (TPSA) is 55.6 Å². The number of carbonyl (C=O) groups is 1. The van der Waals surface area contributed by atoms with Crippen molar-refractivity contribution in [1.82, 2.24) is 4.90 Å². The SMILES string of the molecule is NC(=S)C1CN(C(=O)C2CCC2)CCO1. The molecule has 1 atom stereocenters. The monoisotopic (exact) mass is 228 g/mol. The van der Waals surface area contributed by atoms with Gasteiger partial charge in [0, 0.05) is 12.5 Å². The summed E-state index contributed by atoms with van der Waals surface area (Å²) in [5, 5.41) is 0. The molecular formula is C10H16N2O2S. The van der Waals surface area contributed by atoms with E-state index in [0.717, 1.165) is 12.8 Å². The first-order valence-corrected chi connectivity index (χ1v) is 5.79. The highest BCUT2D eigenvalue weighted by atomic mass is 32.1. The third kappa shape index (κ3) is 2.29. The molecule has 1 unspecified atom stereocenters. The van der Waals surface area contributed by atoms with Gasteiger partial charge in [0.15, 0.2) is 0 Å². The van der Waals surface area contributed by atoms with Crippen LogP contribution in [0.15, 0.2) is 0 Å². The summed E-state index contributed by atoms with van der Waals surface area (Å²) in [6.07, 6.45) is 3.00. The third-order valence-electron chi connectivity index (χ3n) is 3.15. The summed E-state index contributed by atoms with van der Waals surface area (Å²) >= 11 is 4.88. The lowest BCUT2D eigenvalue weighted by Gasteiger charge is -2.36. The number of amides is 1. The molecule has 0 bridgehead atoms. The smallest absolute Gasteiger partial charge is 0.225 e. The number of thiocarbonyl (C=S) groups is 1. The highest BCUT2D eigenvalue weighted by Crippen LogP contribution is 2.28. The van der Waals surface area contributed by atoms with Gasteiger partial charge in [0.1, 0.15) is 11.1 Å². The second-order valence-electron chi connectivity index (χ2n) is 4.17. The summed E-state index contributed by atoms with van der Waals surface area (Å²) < 4.78 is 5.39. The second kappa shape index (κ2) is 4.45. The Kier molecular flexibility index (Phi) is 3.21. The first-order chi connectivity index (χ1) is 7.18. The highest BCUT2D eigenvalue weighted by Gasteiger charge is 2.33. The molecular weight excluding hydrogens is 212 g/mol. The van der Waals surface area contributed by atoms with E-state index in [1.807, 2.05) is 4.90 Å². The molecule has 84 valence electrons. The zero-order valence-electron chi connectivity index (χ0n) is 8.65. The van der Waals surface area contributed by atoms with Gasteiger partial charge < -0.3 is 15.4 Å². The van der Waals surface area contributed by atoms with Crippen molar-refractivity contribution in [1.29, 1.82) is 0 Å². The standard InChI is InChI=1S/C10H16N2O2S/c11-9(15)8-6-12(4-5-14-8)10(13)7-2-1-3-7/h7-8H,1-6H2,(H2,11,15). The molecule has 2 aliphatic rings. The van der Waals surface area contributed by atoms with Crippen LogP contribution in [-0.2, 0) is 9.53 Å². The van der Waals surface area contributed by atoms with E-state index in [1.165, 1.54) is 6.42 Å². The lowest BCUT2D eigenvalue weighted by atomic mass is 9.84. The van der Waals surface area contributed by atoms with E-state index in [2.05, 4.69) is 0 Å². The maximum Gasteiger partial charge on any atom is 0.225 e. The molecule has 2 rings (SSSR count). The molecule has 1 heterocycles. The van der Waals surface area contributed by atoms with Crippen LogP contribution in [-0.4, -0.2) is 41.6 Å². The van der Waals surface area contributed by atoms with Gasteiger partial charge in [-0.15, -0.1) is 0 Å². The number of rotatable bonds is 2. The number of ether oxygens (including phenoxy) is 1. The van der Waals surface area contributed by atoms with Gasteiger partial charge in [0.25, 0.3) is 0 Å². The van der Waals surface area contributed by atoms with Crippen molar-refractivity contribution < 1.29 is 9.53 Å². The van der Waals surface area contributed by atoms with Gasteiger partial charge >= 0.3 is 0 Å². The molecule has 0 spiro atoms. The van der Waals surface area contributed by atoms with Crippen molar-refractivity contribution >= 4 is 23.1 Å². The molecule has 0 aromatic rings. The van der Waals surface area contributed by atoms with Gasteiger partial charge in [-0.25, -0.2) is 0 Å². The van der Waals surface area contributed by atoms with E-state index < -0.39 is 0 Å². The number of nitrogens with zero attached hydrogens (tertiary/aromatic N) is 1. The van der Waals surface area contributed by atoms with Crippen LogP contribution in [0, 0.1) is 5.92 Å². The van der Waals surface area contributed by atoms with Crippen molar-refractivity contribution in [3.05, 3.63) is 0 Å². The molecule has 1 aliphatic carbocycles. The molecule has 2 N–H and O–H groups in total. The molecule has 1 saturated carbocycles. The van der Waals surface area contributed by atoms with Crippen LogP contribution in [0.25, 0.3) is 0 Å². The molecule has 0 aromatic heterocycles. The average molecular weight is 228 g/mol. The minimum absolute atomic E-state index is 0.245. The van der Waals surface area contributed by atoms with Crippen LogP contribution in [0.4, 0.5) is 0 Å². The Balaban J connectivity index is 1.91. The van der Waals surface area contributed by atoms with Crippen LogP contribution in [0.3, 0.4) is 0 Å². The maximum atomic E-state index is 11.9. The number of morpholine rings is 1. The van der Waals surface area contributed by atoms with Gasteiger partial charge in [0.05, 0.1) is 13.2 Å². The van der Waals surface area contributed by atoms with Crippen LogP contribution < -0.4 is 5.73 Å². The van der Waals surface area contributed by atoms with Gasteiger partial charge in [0.2, 0.25) is 5.91 Å². The molecule has 5 heteroatoms. The Bertz CT molecular complexity index is 279. The molecule has 4 nitrogen and oxygen atoms in total. The Hall–Kier alpha value is -0.680. The third-order valence-corrected chi connectivity index (χ3v) is 3.41. The molecule has 15 heavy (non-hydrogen) atoms. The van der Waals surface area contributed by atoms with E-state index in [0.29, 0.717) is 24.7 Å². The summed E-state index contributed by atoms with van der Waals surface area (Å²) in [6.45, 7) is 1.75. The number of hydrogen-bond donors (Lipinski definition) is 1. The van der Waals surface area contributed by atoms with Gasteiger partial charge in [-0.1, -0.05) is 18.6 Å². The molecule has 1 amide bonds. The molecule has 2 fully saturated rings. The Morgan fingerprint density at radius 3 is 2.73 bits per heavy atom. The zero-order valence-corrected chi connectivity index (χ0v) is 9.46. The molecule has 0 aromatic carbocycles. The number of hydrogen-bond acceptors (Lipinski definition) is 3. The molecule has 1 aliphatic heterocycles. The van der Waals surface area contributed by atoms with Crippen molar-refractivity contribution in [3.63, 3.8) is 0 Å². The Labute approximate surface area is 94.7 Å². The Morgan fingerprint density at radius 2 is 2.20 bits per heavy atom. The Morgan fingerprint density at radius 1 is 1.47 bits per heavy atom. The minimum Gasteiger partial charge on any atom is -0.391 e. The van der Waals surface area contributed by atoms with Crippen LogP contribution in [0.1, 0.15) is 19.3 Å². The van der Waals surface area contributed by atoms with Crippen molar-refractivity contribution in [2.45, 2.75) is 25.4 Å². The van der Waals surface area contributed by atoms with E-state index in [9.17, 15) is 4.79 Å². The van der Waals surface area contributed by atoms with E-state index >= 15 is 0 Å². The van der Waals surface area contributed by atoms with Crippen molar-refractivity contribution in [2.24, 2.45) is 11.7 Å². The number of nitrogens with two attached hydrogens (primary N) is 1. The molecule has 0 radical (unpaired) electrons. The van der Waals surface area contributed by atoms with Crippen molar-refractivity contribution in [2.75, 3.05) is 19.7 Å². The van der Waals surface area contributed by atoms with E-state index in [1.54, 1.807) is 0 Å². The summed E-state index contributed by atoms with van der Waals surface area (Å²) in [5.41, 5.74) is 5.52. The predicted octanol–water partition coefficient (Wildman–Crippen LogP) is 0.300. The van der Waals surface area contributed by atoms with Crippen LogP contribution >= 0.6 is 12.2 Å². The van der Waals surface area contributed by atoms with Gasteiger partial charge in [-0.2, -0.15) is 0 Å². The summed E-state index contributed by atoms with van der Waals surface area (Å²) in [4.78, 5) is 14.1. The summed E-state index contributed by atoms with van der Waals surface area (Å²) in [7, 11) is 0. The minimum atomic E-state index is -0.252. The maximum absolute atomic E-state index is 11.9. The second-order valence-corrected chi connectivity index (χ2v) is 4.65. The van der Waals surface area contributed by atoms with E-state index in [-0.39, 0.29) is 17.9 Å². The van der Waals surface area contributed by atoms with Gasteiger partial charge in [-0.05, 0) is 12.8 Å². The van der Waals surface area contributed by atoms with Crippen molar-refractivity contribution in [3.8, 4) is 0 Å². The lowest BCUT2D eigenvalue weighted by Crippen LogP contribution is -2.52. The molecule has 1 saturated heterocycles. The number of carbonyl (C=O) groups excluding carboxylic acids is 1. The van der Waals surface area contributed by atoms with E-state index in [4.69, 9.17) is 22.7 Å². The predicted molar refractivity (Wildman–Crippen MR) is 60.4 cm³/mol. The summed E-state index contributed by atoms with van der Waals surface area (Å²) in [6, 6.07) is 0. The first-order valence-electron chi connectivity index (χ1n) is 5.38. The quantitative estimate of drug-likeness (QED) is 0.691. The van der Waals surface area contributed by atoms with Crippen LogP contribution in [0.5, 0.6) is 0 Å². The zero-order chi connectivity index (χ0) is 10.8. The fourth-order valence-corrected chi connectivity index (χ4v) is 2.08. The average Bonchev–Trinajstić information content (AvgIpc) is 2.15. The normalized spacial score (nSPS) is 27.2. The summed E-state index contributed by atoms with van der Waals surface area (Å²) in [5.74, 6) is 0.501. The fourth-order valence-electron chi connectivity index (χ4n) is 1.93. The van der Waals surface area contributed by atoms with Gasteiger partial charge in [-0.3, -0.25) is 4.79 Å².